The van der Waals surface area contributed by atoms with Gasteiger partial charge in [0, 0.05) is 68.2 Å². The summed E-state index contributed by atoms with van der Waals surface area (Å²) in [6.45, 7) is 13.9. The highest BCUT2D eigenvalue weighted by Gasteiger charge is 2.43. The summed E-state index contributed by atoms with van der Waals surface area (Å²) < 4.78 is 20.9. The van der Waals surface area contributed by atoms with Gasteiger partial charge in [-0.3, -0.25) is 14.6 Å². The Morgan fingerprint density at radius 3 is 2.67 bits per heavy atom. The average Bonchev–Trinajstić information content (AvgIpc) is 3.52. The number of carbonyl (C=O) groups excluding carboxylic acids is 1. The second kappa shape index (κ2) is 11.6. The van der Waals surface area contributed by atoms with Gasteiger partial charge in [-0.25, -0.2) is 18.7 Å². The van der Waals surface area contributed by atoms with E-state index >= 15 is 0 Å². The van der Waals surface area contributed by atoms with Gasteiger partial charge in [-0.1, -0.05) is 26.0 Å². The molecule has 5 heterocycles. The summed E-state index contributed by atoms with van der Waals surface area (Å²) in [5.41, 5.74) is 2.96. The Labute approximate surface area is 250 Å². The minimum atomic E-state index is -1.22. The first kappa shape index (κ1) is 29.6. The van der Waals surface area contributed by atoms with Crippen molar-refractivity contribution in [3.05, 3.63) is 58.8 Å². The Morgan fingerprint density at radius 1 is 1.19 bits per heavy atom. The zero-order valence-electron chi connectivity index (χ0n) is 25.2. The first-order valence-electron chi connectivity index (χ1n) is 15.0. The molecule has 1 amide bonds. The van der Waals surface area contributed by atoms with Gasteiger partial charge < -0.3 is 20.1 Å². The minimum Gasteiger partial charge on any atom is -0.475 e. The van der Waals surface area contributed by atoms with E-state index in [1.54, 1.807) is 16.6 Å². The van der Waals surface area contributed by atoms with Crippen molar-refractivity contribution in [2.24, 2.45) is 0 Å². The van der Waals surface area contributed by atoms with Crippen molar-refractivity contribution in [1.29, 1.82) is 0 Å². The van der Waals surface area contributed by atoms with Crippen LogP contribution in [0.1, 0.15) is 55.1 Å². The summed E-state index contributed by atoms with van der Waals surface area (Å²) in [5.74, 6) is -1.86. The third kappa shape index (κ3) is 5.88. The quantitative estimate of drug-likeness (QED) is 0.425. The van der Waals surface area contributed by atoms with Crippen LogP contribution in [0.2, 0.25) is 0 Å². The number of pyridine rings is 1. The Bertz CT molecular complexity index is 1520. The zero-order chi connectivity index (χ0) is 30.5. The van der Waals surface area contributed by atoms with Gasteiger partial charge in [0.05, 0.1) is 31.1 Å². The number of aromatic carboxylic acids is 1. The third-order valence-corrected chi connectivity index (χ3v) is 8.96. The van der Waals surface area contributed by atoms with Crippen LogP contribution in [0.5, 0.6) is 0 Å². The van der Waals surface area contributed by atoms with Crippen LogP contribution in [0.25, 0.3) is 5.65 Å². The van der Waals surface area contributed by atoms with E-state index in [9.17, 15) is 19.1 Å². The van der Waals surface area contributed by atoms with Crippen LogP contribution in [-0.4, -0.2) is 112 Å². The molecule has 0 radical (unpaired) electrons. The lowest BCUT2D eigenvalue weighted by Crippen LogP contribution is -2.62. The number of carbonyl (C=O) groups is 2. The number of aromatic nitrogens is 3. The second-order valence-electron chi connectivity index (χ2n) is 12.9. The zero-order valence-corrected chi connectivity index (χ0v) is 25.2. The van der Waals surface area contributed by atoms with Crippen molar-refractivity contribution in [2.75, 3.05) is 57.4 Å². The topological polar surface area (TPSA) is 116 Å². The highest BCUT2D eigenvalue weighted by molar-refractivity contribution is 5.98. The number of fused-ring (bicyclic) bond motifs is 3. The molecule has 230 valence electrons. The first-order valence-corrected chi connectivity index (χ1v) is 15.0. The Hall–Kier alpha value is -3.45. The van der Waals surface area contributed by atoms with Crippen molar-refractivity contribution in [3.8, 4) is 0 Å². The number of morpholine rings is 1. The number of carboxylic acids is 1. The molecule has 2 aromatic heterocycles. The number of carboxylic acid groups (broad SMARTS) is 1. The summed E-state index contributed by atoms with van der Waals surface area (Å²) in [4.78, 5) is 37.0. The molecular weight excluding hydrogens is 553 g/mol. The molecular formula is C31H40FN7O4. The molecule has 0 unspecified atom stereocenters. The van der Waals surface area contributed by atoms with E-state index in [0.717, 1.165) is 56.2 Å². The molecule has 43 heavy (non-hydrogen) atoms. The molecule has 0 spiro atoms. The highest BCUT2D eigenvalue weighted by Crippen LogP contribution is 2.42. The van der Waals surface area contributed by atoms with Gasteiger partial charge in [0.25, 0.3) is 5.82 Å². The Balaban J connectivity index is 1.33. The number of piperazine rings is 1. The molecule has 3 aliphatic heterocycles. The van der Waals surface area contributed by atoms with Crippen LogP contribution in [0.3, 0.4) is 0 Å². The predicted octanol–water partition coefficient (Wildman–Crippen LogP) is 2.16. The number of nitrogens with one attached hydrogen (secondary N) is 1. The number of ether oxygens (including phenoxy) is 1. The largest absolute Gasteiger partial charge is 0.475 e. The van der Waals surface area contributed by atoms with Gasteiger partial charge in [0.2, 0.25) is 5.91 Å². The van der Waals surface area contributed by atoms with Gasteiger partial charge in [0.15, 0.2) is 5.65 Å². The van der Waals surface area contributed by atoms with Gasteiger partial charge in [-0.2, -0.15) is 0 Å². The molecule has 2 fully saturated rings. The van der Waals surface area contributed by atoms with Gasteiger partial charge >= 0.3 is 5.97 Å². The van der Waals surface area contributed by atoms with E-state index in [0.29, 0.717) is 30.3 Å². The van der Waals surface area contributed by atoms with E-state index < -0.39 is 11.4 Å². The third-order valence-electron chi connectivity index (χ3n) is 8.96. The number of rotatable bonds is 7. The van der Waals surface area contributed by atoms with Crippen LogP contribution in [-0.2, 0) is 21.4 Å². The molecule has 0 saturated carbocycles. The summed E-state index contributed by atoms with van der Waals surface area (Å²) in [5, 5.41) is 17.7. The molecule has 2 saturated heterocycles. The summed E-state index contributed by atoms with van der Waals surface area (Å²) >= 11 is 0. The standard InChI is InChI=1S/C31H40FN7O4/c1-19-14-37(24(13-33-19)15-36-9-10-43-17-20(36)2)16-26(40)38-18-31(3,4)27-25(38)12-22(11-21-5-7-23(32)8-6-21)29-34-28(30(41)42)35-39(27)29/h5-8,12,19-20,24,33H,9-11,13-18H2,1-4H3,(H,41,42)/t19-,20-,24-/m1/s1. The van der Waals surface area contributed by atoms with Gasteiger partial charge in [-0.05, 0) is 37.6 Å². The number of anilines is 1. The van der Waals surface area contributed by atoms with E-state index in [-0.39, 0.29) is 36.2 Å². The average molecular weight is 594 g/mol. The maximum absolute atomic E-state index is 14.2. The summed E-state index contributed by atoms with van der Waals surface area (Å²) in [6.07, 6.45) is 0.381. The van der Waals surface area contributed by atoms with Crippen molar-refractivity contribution in [2.45, 2.75) is 57.7 Å². The molecule has 1 aromatic carbocycles. The van der Waals surface area contributed by atoms with Crippen molar-refractivity contribution >= 4 is 23.2 Å². The number of benzene rings is 1. The molecule has 6 rings (SSSR count). The lowest BCUT2D eigenvalue weighted by Gasteiger charge is -2.43. The van der Waals surface area contributed by atoms with Crippen LogP contribution < -0.4 is 10.2 Å². The van der Waals surface area contributed by atoms with Gasteiger partial charge in [0.1, 0.15) is 5.82 Å². The Kier molecular flexibility index (Phi) is 7.97. The maximum atomic E-state index is 14.2. The van der Waals surface area contributed by atoms with Crippen LogP contribution in [0, 0.1) is 5.82 Å². The number of halogens is 1. The maximum Gasteiger partial charge on any atom is 0.375 e. The number of amides is 1. The SMILES string of the molecule is C[C@@H]1CN(CC(=O)N2CC(C)(C)c3c2cc(Cc2ccc(F)cc2)c2nc(C(=O)O)nn32)[C@@H](CN2CCOC[C@H]2C)CN1. The second-order valence-corrected chi connectivity index (χ2v) is 12.9. The molecule has 3 aliphatic rings. The van der Waals surface area contributed by atoms with E-state index in [1.165, 1.54) is 12.1 Å². The molecule has 0 bridgehead atoms. The number of hydrogen-bond donors (Lipinski definition) is 2. The van der Waals surface area contributed by atoms with Gasteiger partial charge in [-0.15, -0.1) is 5.10 Å². The lowest BCUT2D eigenvalue weighted by molar-refractivity contribution is -0.121. The monoisotopic (exact) mass is 593 g/mol. The Morgan fingerprint density at radius 2 is 1.95 bits per heavy atom. The van der Waals surface area contributed by atoms with E-state index in [4.69, 9.17) is 4.74 Å². The van der Waals surface area contributed by atoms with E-state index in [1.807, 2.05) is 24.8 Å². The minimum absolute atomic E-state index is 0.00777. The van der Waals surface area contributed by atoms with Crippen LogP contribution in [0.15, 0.2) is 30.3 Å². The molecule has 3 aromatic rings. The fourth-order valence-electron chi connectivity index (χ4n) is 6.71. The predicted molar refractivity (Wildman–Crippen MR) is 159 cm³/mol. The van der Waals surface area contributed by atoms with Crippen molar-refractivity contribution < 1.29 is 23.8 Å². The fraction of sp³-hybridized carbons (Fsp3) is 0.548. The lowest BCUT2D eigenvalue weighted by atomic mass is 9.90. The molecule has 2 N–H and O–H groups in total. The van der Waals surface area contributed by atoms with Crippen LogP contribution >= 0.6 is 0 Å². The number of hydrogen-bond acceptors (Lipinski definition) is 8. The number of nitrogens with zero attached hydrogens (tertiary/aromatic N) is 6. The summed E-state index contributed by atoms with van der Waals surface area (Å²) in [6, 6.07) is 8.90. The van der Waals surface area contributed by atoms with Crippen molar-refractivity contribution in [3.63, 3.8) is 0 Å². The molecule has 12 heteroatoms. The normalized spacial score (nSPS) is 24.4. The fourth-order valence-corrected chi connectivity index (χ4v) is 6.71. The highest BCUT2D eigenvalue weighted by atomic mass is 19.1. The van der Waals surface area contributed by atoms with Crippen LogP contribution in [0.4, 0.5) is 10.1 Å². The molecule has 3 atom stereocenters. The van der Waals surface area contributed by atoms with E-state index in [2.05, 4.69) is 39.0 Å². The molecule has 11 nitrogen and oxygen atoms in total. The summed E-state index contributed by atoms with van der Waals surface area (Å²) in [7, 11) is 0. The molecule has 0 aliphatic carbocycles. The first-order chi connectivity index (χ1) is 20.5. The van der Waals surface area contributed by atoms with Crippen molar-refractivity contribution in [1.82, 2.24) is 29.7 Å². The smallest absolute Gasteiger partial charge is 0.375 e.